The highest BCUT2D eigenvalue weighted by Gasteiger charge is 2.53. The Morgan fingerprint density at radius 2 is 1.90 bits per heavy atom. The Morgan fingerprint density at radius 3 is 2.63 bits per heavy atom. The van der Waals surface area contributed by atoms with Gasteiger partial charge in [-0.1, -0.05) is 32.4 Å². The number of H-pyrrole nitrogens is 1. The monoisotopic (exact) mass is 407 g/mol. The van der Waals surface area contributed by atoms with E-state index in [1.807, 2.05) is 0 Å². The first kappa shape index (κ1) is 20.8. The Kier molecular flexibility index (Phi) is 5.08. The third-order valence-electron chi connectivity index (χ3n) is 8.47. The molecule has 4 atom stereocenters. The molecule has 2 aromatic rings. The molecule has 2 aliphatic rings. The van der Waals surface area contributed by atoms with Gasteiger partial charge in [-0.15, -0.1) is 0 Å². The summed E-state index contributed by atoms with van der Waals surface area (Å²) in [5.74, 6) is 1.25. The quantitative estimate of drug-likeness (QED) is 0.445. The van der Waals surface area contributed by atoms with Gasteiger partial charge in [-0.05, 0) is 91.5 Å². The Labute approximate surface area is 178 Å². The van der Waals surface area contributed by atoms with Crippen LogP contribution in [-0.4, -0.2) is 15.2 Å². The summed E-state index contributed by atoms with van der Waals surface area (Å²) in [6.07, 6.45) is 9.33. The second kappa shape index (κ2) is 7.33. The van der Waals surface area contributed by atoms with Gasteiger partial charge in [0, 0.05) is 11.8 Å². The number of fused-ring (bicyclic) bond motifs is 1. The summed E-state index contributed by atoms with van der Waals surface area (Å²) in [4.78, 5) is 14.8. The number of phenols is 2. The zero-order chi connectivity index (χ0) is 21.7. The van der Waals surface area contributed by atoms with Crippen LogP contribution >= 0.6 is 0 Å². The Morgan fingerprint density at radius 1 is 1.13 bits per heavy atom. The van der Waals surface area contributed by atoms with Gasteiger partial charge in [-0.2, -0.15) is 0 Å². The van der Waals surface area contributed by atoms with E-state index in [-0.39, 0.29) is 27.9 Å². The lowest BCUT2D eigenvalue weighted by Gasteiger charge is -2.58. The zero-order valence-electron chi connectivity index (χ0n) is 18.5. The van der Waals surface area contributed by atoms with Gasteiger partial charge in [0.1, 0.15) is 11.5 Å². The van der Waals surface area contributed by atoms with Crippen molar-refractivity contribution in [1.29, 1.82) is 0 Å². The molecule has 1 saturated carbocycles. The molecule has 0 radical (unpaired) electrons. The van der Waals surface area contributed by atoms with Crippen molar-refractivity contribution in [2.75, 3.05) is 0 Å². The van der Waals surface area contributed by atoms with Crippen LogP contribution < -0.4 is 5.56 Å². The molecule has 160 valence electrons. The zero-order valence-corrected chi connectivity index (χ0v) is 18.5. The molecule has 0 saturated heterocycles. The van der Waals surface area contributed by atoms with Crippen LogP contribution in [0.1, 0.15) is 58.9 Å². The molecule has 4 nitrogen and oxygen atoms in total. The molecule has 0 bridgehead atoms. The number of aromatic hydroxyl groups is 2. The number of nitrogens with one attached hydrogen (secondary N) is 1. The number of phenolic OH excluding ortho intramolecular Hbond substituents is 2. The van der Waals surface area contributed by atoms with Crippen LogP contribution in [0.4, 0.5) is 0 Å². The molecule has 0 unspecified atom stereocenters. The van der Waals surface area contributed by atoms with Crippen LogP contribution in [0.5, 0.6) is 11.5 Å². The fraction of sp³-hybridized carbons (Fsp3) is 0.500. The van der Waals surface area contributed by atoms with Crippen LogP contribution in [0.25, 0.3) is 11.1 Å². The topological polar surface area (TPSA) is 73.3 Å². The highest BCUT2D eigenvalue weighted by atomic mass is 16.3. The number of hydrogen-bond donors (Lipinski definition) is 3. The summed E-state index contributed by atoms with van der Waals surface area (Å²) < 4.78 is 0. The van der Waals surface area contributed by atoms with Crippen molar-refractivity contribution in [2.45, 2.75) is 59.8 Å². The van der Waals surface area contributed by atoms with E-state index in [4.69, 9.17) is 0 Å². The normalized spacial score (nSPS) is 31.1. The van der Waals surface area contributed by atoms with Gasteiger partial charge in [0.15, 0.2) is 0 Å². The third kappa shape index (κ3) is 3.17. The summed E-state index contributed by atoms with van der Waals surface area (Å²) >= 11 is 0. The number of benzene rings is 1. The molecule has 3 N–H and O–H groups in total. The summed E-state index contributed by atoms with van der Waals surface area (Å²) in [6, 6.07) is 6.57. The highest BCUT2D eigenvalue weighted by molar-refractivity contribution is 5.72. The first-order chi connectivity index (χ1) is 14.2. The molecule has 1 heterocycles. The molecule has 30 heavy (non-hydrogen) atoms. The summed E-state index contributed by atoms with van der Waals surface area (Å²) in [5, 5.41) is 21.6. The van der Waals surface area contributed by atoms with Gasteiger partial charge >= 0.3 is 0 Å². The first-order valence-electron chi connectivity index (χ1n) is 11.1. The Bertz CT molecular complexity index is 1050. The molecule has 4 heteroatoms. The van der Waals surface area contributed by atoms with Crippen LogP contribution in [0, 0.1) is 22.7 Å². The Balaban J connectivity index is 1.73. The molecule has 1 aromatic heterocycles. The summed E-state index contributed by atoms with van der Waals surface area (Å²) in [7, 11) is 0. The maximum atomic E-state index is 12.1. The number of hydrogen-bond acceptors (Lipinski definition) is 3. The van der Waals surface area contributed by atoms with Crippen molar-refractivity contribution >= 4 is 0 Å². The van der Waals surface area contributed by atoms with Crippen molar-refractivity contribution in [3.8, 4) is 22.6 Å². The van der Waals surface area contributed by atoms with Crippen molar-refractivity contribution < 1.29 is 10.2 Å². The lowest BCUT2D eigenvalue weighted by Crippen LogP contribution is -2.50. The predicted molar refractivity (Wildman–Crippen MR) is 121 cm³/mol. The predicted octanol–water partition coefficient (Wildman–Crippen LogP) is 5.79. The minimum atomic E-state index is -0.284. The van der Waals surface area contributed by atoms with E-state index < -0.39 is 0 Å². The summed E-state index contributed by atoms with van der Waals surface area (Å²) in [5.41, 5.74) is 2.92. The van der Waals surface area contributed by atoms with Gasteiger partial charge in [0.25, 0.3) is 5.56 Å². The summed E-state index contributed by atoms with van der Waals surface area (Å²) in [6.45, 7) is 9.39. The second-order valence-corrected chi connectivity index (χ2v) is 9.97. The third-order valence-corrected chi connectivity index (χ3v) is 8.47. The van der Waals surface area contributed by atoms with E-state index in [1.165, 1.54) is 30.9 Å². The Hall–Kier alpha value is -2.49. The van der Waals surface area contributed by atoms with Crippen molar-refractivity contribution in [1.82, 2.24) is 4.98 Å². The van der Waals surface area contributed by atoms with Gasteiger partial charge in [0.2, 0.25) is 0 Å². The van der Waals surface area contributed by atoms with Crippen molar-refractivity contribution in [3.05, 3.63) is 58.0 Å². The fourth-order valence-corrected chi connectivity index (χ4v) is 6.23. The number of aromatic nitrogens is 1. The molecule has 0 spiro atoms. The maximum absolute atomic E-state index is 12.1. The van der Waals surface area contributed by atoms with Gasteiger partial charge < -0.3 is 15.2 Å². The lowest BCUT2D eigenvalue weighted by atomic mass is 9.47. The van der Waals surface area contributed by atoms with Gasteiger partial charge in [0.05, 0.1) is 5.56 Å². The van der Waals surface area contributed by atoms with E-state index in [9.17, 15) is 15.0 Å². The molecule has 2 aliphatic carbocycles. The van der Waals surface area contributed by atoms with E-state index in [0.717, 1.165) is 12.0 Å². The van der Waals surface area contributed by atoms with Crippen molar-refractivity contribution in [2.24, 2.45) is 22.7 Å². The van der Waals surface area contributed by atoms with E-state index in [2.05, 4.69) is 38.8 Å². The van der Waals surface area contributed by atoms with E-state index in [0.29, 0.717) is 29.4 Å². The minimum absolute atomic E-state index is 0.0260. The second-order valence-electron chi connectivity index (χ2n) is 9.97. The van der Waals surface area contributed by atoms with E-state index in [1.54, 1.807) is 24.4 Å². The van der Waals surface area contributed by atoms with E-state index >= 15 is 0 Å². The molecular formula is C26H33NO3. The standard InChI is InChI=1S/C26H33NO3/c1-16-7-5-9-23-25(16,3)11-10-17(2)26(23,4)15-18-13-22(29)20(14-21(18)28)19-8-6-12-27-24(19)30/h6-8,12-14,17,23,28-29H,5,9-11,15H2,1-4H3,(H,27,30)/t17-,23+,25+,26+/m0/s1. The molecule has 0 aliphatic heterocycles. The molecule has 1 aromatic carbocycles. The van der Waals surface area contributed by atoms with Crippen LogP contribution in [0.3, 0.4) is 0 Å². The van der Waals surface area contributed by atoms with Crippen molar-refractivity contribution in [3.63, 3.8) is 0 Å². The van der Waals surface area contributed by atoms with Gasteiger partial charge in [-0.3, -0.25) is 4.79 Å². The maximum Gasteiger partial charge on any atom is 0.255 e. The van der Waals surface area contributed by atoms with Crippen LogP contribution in [0.15, 0.2) is 46.9 Å². The lowest BCUT2D eigenvalue weighted by molar-refractivity contribution is -0.0412. The molecule has 4 rings (SSSR count). The number of rotatable bonds is 3. The molecular weight excluding hydrogens is 374 g/mol. The number of pyridine rings is 1. The number of aromatic amines is 1. The van der Waals surface area contributed by atoms with Gasteiger partial charge in [-0.25, -0.2) is 0 Å². The van der Waals surface area contributed by atoms with Crippen LogP contribution in [0.2, 0.25) is 0 Å². The first-order valence-corrected chi connectivity index (χ1v) is 11.1. The molecule has 0 amide bonds. The smallest absolute Gasteiger partial charge is 0.255 e. The average molecular weight is 408 g/mol. The largest absolute Gasteiger partial charge is 0.508 e. The molecule has 1 fully saturated rings. The minimum Gasteiger partial charge on any atom is -0.508 e. The SMILES string of the molecule is CC1=CCC[C@H]2[C@](C)(Cc3cc(O)c(-c4ccc[nH]c4=O)cc3O)[C@@H](C)CC[C@]12C. The van der Waals surface area contributed by atoms with Crippen LogP contribution in [-0.2, 0) is 6.42 Å². The fourth-order valence-electron chi connectivity index (χ4n) is 6.23. The highest BCUT2D eigenvalue weighted by Crippen LogP contribution is 2.61. The average Bonchev–Trinajstić information content (AvgIpc) is 2.70. The number of allylic oxidation sites excluding steroid dienone is 2.